The molecule has 0 atom stereocenters. The number of anilines is 1. The Morgan fingerprint density at radius 1 is 1.19 bits per heavy atom. The summed E-state index contributed by atoms with van der Waals surface area (Å²) in [6, 6.07) is 9.55. The van der Waals surface area contributed by atoms with Crippen molar-refractivity contribution in [3.63, 3.8) is 0 Å². The van der Waals surface area contributed by atoms with Crippen LogP contribution in [0.3, 0.4) is 0 Å². The van der Waals surface area contributed by atoms with Crippen LogP contribution in [0.2, 0.25) is 0 Å². The molecule has 0 bridgehead atoms. The quantitative estimate of drug-likeness (QED) is 0.457. The molecular formula is C19H13F5N6O. The molecule has 3 aromatic heterocycles. The Morgan fingerprint density at radius 3 is 2.55 bits per heavy atom. The zero-order chi connectivity index (χ0) is 22.3. The van der Waals surface area contributed by atoms with Gasteiger partial charge in [0.05, 0.1) is 23.3 Å². The second-order valence-corrected chi connectivity index (χ2v) is 6.55. The van der Waals surface area contributed by atoms with Crippen molar-refractivity contribution in [2.75, 3.05) is 5.32 Å². The molecule has 2 N–H and O–H groups in total. The Kier molecular flexibility index (Phi) is 4.91. The van der Waals surface area contributed by atoms with Gasteiger partial charge in [-0.25, -0.2) is 18.3 Å². The van der Waals surface area contributed by atoms with E-state index in [9.17, 15) is 26.7 Å². The average Bonchev–Trinajstić information content (AvgIpc) is 3.31. The second-order valence-electron chi connectivity index (χ2n) is 6.55. The Balaban J connectivity index is 1.81. The smallest absolute Gasteiger partial charge is 0.318 e. The topological polar surface area (TPSA) is 88.0 Å². The third kappa shape index (κ3) is 3.71. The molecule has 1 aromatic carbocycles. The van der Waals surface area contributed by atoms with Crippen molar-refractivity contribution >= 4 is 17.2 Å². The highest BCUT2D eigenvalue weighted by molar-refractivity contribution is 6.08. The molecule has 31 heavy (non-hydrogen) atoms. The van der Waals surface area contributed by atoms with E-state index in [-0.39, 0.29) is 22.6 Å². The van der Waals surface area contributed by atoms with Gasteiger partial charge < -0.3 is 5.32 Å². The molecule has 0 aliphatic heterocycles. The molecule has 0 saturated carbocycles. The summed E-state index contributed by atoms with van der Waals surface area (Å²) in [5.74, 6) is -0.997. The summed E-state index contributed by atoms with van der Waals surface area (Å²) >= 11 is 0. The molecule has 4 aromatic rings. The molecule has 0 fully saturated rings. The van der Waals surface area contributed by atoms with Gasteiger partial charge in [-0.2, -0.15) is 23.4 Å². The molecule has 0 unspecified atom stereocenters. The lowest BCUT2D eigenvalue weighted by molar-refractivity contribution is -0.140. The van der Waals surface area contributed by atoms with Crippen LogP contribution in [0, 0.1) is 6.92 Å². The summed E-state index contributed by atoms with van der Waals surface area (Å²) in [5.41, 5.74) is -2.22. The molecule has 0 spiro atoms. The maximum Gasteiger partial charge on any atom is 0.437 e. The number of aromatic nitrogens is 5. The van der Waals surface area contributed by atoms with Gasteiger partial charge in [0.1, 0.15) is 11.3 Å². The van der Waals surface area contributed by atoms with Crippen molar-refractivity contribution in [2.24, 2.45) is 0 Å². The van der Waals surface area contributed by atoms with Crippen molar-refractivity contribution < 1.29 is 26.7 Å². The number of nitrogens with one attached hydrogen (secondary N) is 2. The lowest BCUT2D eigenvalue weighted by atomic mass is 10.1. The highest BCUT2D eigenvalue weighted by Gasteiger charge is 2.38. The Bertz CT molecular complexity index is 1260. The Hall–Kier alpha value is -3.83. The van der Waals surface area contributed by atoms with Crippen LogP contribution in [0.15, 0.2) is 42.6 Å². The number of alkyl halides is 5. The number of H-pyrrole nitrogens is 1. The zero-order valence-electron chi connectivity index (χ0n) is 15.7. The van der Waals surface area contributed by atoms with Crippen LogP contribution in [0.5, 0.6) is 0 Å². The van der Waals surface area contributed by atoms with Crippen molar-refractivity contribution in [3.8, 4) is 11.3 Å². The van der Waals surface area contributed by atoms with Gasteiger partial charge in [-0.3, -0.25) is 9.89 Å². The maximum atomic E-state index is 13.6. The number of aryl methyl sites for hydroxylation is 1. The van der Waals surface area contributed by atoms with Crippen molar-refractivity contribution in [3.05, 3.63) is 65.2 Å². The number of benzene rings is 1. The number of fused-ring (bicyclic) bond motifs is 1. The molecule has 0 saturated heterocycles. The highest BCUT2D eigenvalue weighted by Crippen LogP contribution is 2.35. The van der Waals surface area contributed by atoms with Gasteiger partial charge in [-0.05, 0) is 13.0 Å². The minimum atomic E-state index is -4.81. The van der Waals surface area contributed by atoms with E-state index < -0.39 is 35.6 Å². The molecule has 3 heterocycles. The normalized spacial score (nSPS) is 12.0. The zero-order valence-corrected chi connectivity index (χ0v) is 15.7. The van der Waals surface area contributed by atoms with Crippen molar-refractivity contribution in [1.82, 2.24) is 24.8 Å². The summed E-state index contributed by atoms with van der Waals surface area (Å²) in [5, 5.41) is 11.3. The fourth-order valence-electron chi connectivity index (χ4n) is 3.03. The SMILES string of the molecule is Cc1[nH]nc(C(F)(F)F)c1NC(=O)c1cnn2c(C(F)F)cc(-c3ccccc3)nc12. The van der Waals surface area contributed by atoms with Crippen LogP contribution in [-0.4, -0.2) is 30.7 Å². The van der Waals surface area contributed by atoms with Gasteiger partial charge in [-0.1, -0.05) is 30.3 Å². The fraction of sp³-hybridized carbons (Fsp3) is 0.158. The summed E-state index contributed by atoms with van der Waals surface area (Å²) in [4.78, 5) is 17.0. The van der Waals surface area contributed by atoms with E-state index in [0.717, 1.165) is 16.8 Å². The van der Waals surface area contributed by atoms with Crippen LogP contribution < -0.4 is 5.32 Å². The Labute approximate surface area is 170 Å². The predicted molar refractivity (Wildman–Crippen MR) is 99.7 cm³/mol. The third-order valence-electron chi connectivity index (χ3n) is 4.49. The molecule has 7 nitrogen and oxygen atoms in total. The second kappa shape index (κ2) is 7.45. The number of amides is 1. The molecular weight excluding hydrogens is 423 g/mol. The molecule has 4 rings (SSSR count). The lowest BCUT2D eigenvalue weighted by Gasteiger charge is -2.10. The molecule has 1 amide bonds. The number of halogens is 5. The van der Waals surface area contributed by atoms with E-state index in [1.165, 1.54) is 6.92 Å². The van der Waals surface area contributed by atoms with Crippen LogP contribution in [0.25, 0.3) is 16.9 Å². The van der Waals surface area contributed by atoms with Gasteiger partial charge in [0.25, 0.3) is 12.3 Å². The number of carbonyl (C=O) groups excluding carboxylic acids is 1. The number of hydrogen-bond donors (Lipinski definition) is 2. The molecule has 0 aliphatic carbocycles. The molecule has 0 radical (unpaired) electrons. The van der Waals surface area contributed by atoms with E-state index in [1.54, 1.807) is 30.3 Å². The van der Waals surface area contributed by atoms with E-state index >= 15 is 0 Å². The fourth-order valence-corrected chi connectivity index (χ4v) is 3.03. The molecule has 12 heteroatoms. The summed E-state index contributed by atoms with van der Waals surface area (Å²) < 4.78 is 67.5. The number of aromatic amines is 1. The van der Waals surface area contributed by atoms with Gasteiger partial charge in [0.2, 0.25) is 0 Å². The van der Waals surface area contributed by atoms with E-state index in [1.807, 2.05) is 0 Å². The largest absolute Gasteiger partial charge is 0.437 e. The van der Waals surface area contributed by atoms with Crippen LogP contribution in [0.4, 0.5) is 27.6 Å². The van der Waals surface area contributed by atoms with E-state index in [0.29, 0.717) is 5.56 Å². The van der Waals surface area contributed by atoms with Gasteiger partial charge in [0.15, 0.2) is 11.3 Å². The molecule has 160 valence electrons. The summed E-state index contributed by atoms with van der Waals surface area (Å²) in [7, 11) is 0. The Morgan fingerprint density at radius 2 is 1.90 bits per heavy atom. The van der Waals surface area contributed by atoms with Crippen LogP contribution in [-0.2, 0) is 6.18 Å². The minimum absolute atomic E-state index is 0.0247. The first kappa shape index (κ1) is 20.4. The van der Waals surface area contributed by atoms with Gasteiger partial charge >= 0.3 is 6.18 Å². The third-order valence-corrected chi connectivity index (χ3v) is 4.49. The van der Waals surface area contributed by atoms with Crippen LogP contribution >= 0.6 is 0 Å². The maximum absolute atomic E-state index is 13.6. The molecule has 0 aliphatic rings. The highest BCUT2D eigenvalue weighted by atomic mass is 19.4. The summed E-state index contributed by atoms with van der Waals surface area (Å²) in [6.45, 7) is 1.30. The van der Waals surface area contributed by atoms with Crippen molar-refractivity contribution in [2.45, 2.75) is 19.5 Å². The van der Waals surface area contributed by atoms with Gasteiger partial charge in [0, 0.05) is 5.56 Å². The number of rotatable bonds is 4. The first-order valence-corrected chi connectivity index (χ1v) is 8.82. The van der Waals surface area contributed by atoms with Crippen molar-refractivity contribution in [1.29, 1.82) is 0 Å². The lowest BCUT2D eigenvalue weighted by Crippen LogP contribution is -2.17. The first-order valence-electron chi connectivity index (χ1n) is 8.82. The first-order chi connectivity index (χ1) is 14.7. The number of hydrogen-bond acceptors (Lipinski definition) is 4. The van der Waals surface area contributed by atoms with E-state index in [2.05, 4.69) is 25.6 Å². The monoisotopic (exact) mass is 436 g/mol. The number of nitrogens with zero attached hydrogens (tertiary/aromatic N) is 4. The van der Waals surface area contributed by atoms with Crippen LogP contribution in [0.1, 0.15) is 33.9 Å². The number of carbonyl (C=O) groups is 1. The predicted octanol–water partition coefficient (Wildman–Crippen LogP) is 4.64. The standard InChI is InChI=1S/C19H13F5N6O/c1-9-14(15(29-28-9)19(22,23)24)27-18(31)11-8-25-30-13(16(20)21)7-12(26-17(11)30)10-5-3-2-4-6-10/h2-8,16H,1H3,(H,27,31)(H,28,29). The average molecular weight is 436 g/mol. The summed E-state index contributed by atoms with van der Waals surface area (Å²) in [6.07, 6.45) is -6.77. The van der Waals surface area contributed by atoms with E-state index in [4.69, 9.17) is 0 Å². The van der Waals surface area contributed by atoms with Gasteiger partial charge in [-0.15, -0.1) is 0 Å². The minimum Gasteiger partial charge on any atom is -0.318 e.